The van der Waals surface area contributed by atoms with Crippen LogP contribution in [0.25, 0.3) is 0 Å². The van der Waals surface area contributed by atoms with Crippen LogP contribution in [0.5, 0.6) is 0 Å². The Morgan fingerprint density at radius 3 is 2.81 bits per heavy atom. The number of carbonyl (C=O) groups excluding carboxylic acids is 1. The van der Waals surface area contributed by atoms with Gasteiger partial charge in [-0.05, 0) is 51.1 Å². The normalized spacial score (nSPS) is 18.2. The Balaban J connectivity index is 1.84. The molecule has 2 aromatic rings. The van der Waals surface area contributed by atoms with Gasteiger partial charge in [-0.1, -0.05) is 11.2 Å². The highest BCUT2D eigenvalue weighted by atomic mass is 32.2. The van der Waals surface area contributed by atoms with Crippen LogP contribution in [0.3, 0.4) is 0 Å². The minimum absolute atomic E-state index is 0.0570. The Hall–Kier alpha value is -1.84. The standard InChI is InChI=1S/C17H21N3O4S2/c1-11-16(12(2)24-19-11)26(22,23)20-9-5-8-15(20)17(21)18-13-6-4-7-14(10-13)25-3/h4,6-7,10,15H,5,8-9H2,1-3H3,(H,18,21)/t15-/m0/s1. The SMILES string of the molecule is CSc1cccc(NC(=O)[C@@H]2CCCN2S(=O)(=O)c2c(C)noc2C)c1. The number of benzene rings is 1. The van der Waals surface area contributed by atoms with E-state index in [4.69, 9.17) is 4.52 Å². The maximum absolute atomic E-state index is 13.0. The van der Waals surface area contributed by atoms with Crippen LogP contribution in [0, 0.1) is 13.8 Å². The van der Waals surface area contributed by atoms with Gasteiger partial charge in [-0.2, -0.15) is 4.31 Å². The van der Waals surface area contributed by atoms with E-state index in [1.165, 1.54) is 4.31 Å². The number of hydrogen-bond acceptors (Lipinski definition) is 6. The number of anilines is 1. The van der Waals surface area contributed by atoms with Crippen LogP contribution in [0.15, 0.2) is 38.6 Å². The fourth-order valence-corrected chi connectivity index (χ4v) is 5.59. The number of aryl methyl sites for hydroxylation is 2. The second kappa shape index (κ2) is 7.42. The van der Waals surface area contributed by atoms with Gasteiger partial charge >= 0.3 is 0 Å². The third kappa shape index (κ3) is 3.51. The average molecular weight is 396 g/mol. The first-order valence-corrected chi connectivity index (χ1v) is 10.9. The zero-order valence-corrected chi connectivity index (χ0v) is 16.5. The van der Waals surface area contributed by atoms with Crippen molar-refractivity contribution < 1.29 is 17.7 Å². The van der Waals surface area contributed by atoms with E-state index in [9.17, 15) is 13.2 Å². The minimum atomic E-state index is -3.84. The molecule has 140 valence electrons. The number of nitrogens with zero attached hydrogens (tertiary/aromatic N) is 2. The van der Waals surface area contributed by atoms with Gasteiger partial charge in [0.05, 0.1) is 0 Å². The highest BCUT2D eigenvalue weighted by Crippen LogP contribution is 2.30. The molecule has 1 fully saturated rings. The number of nitrogens with one attached hydrogen (secondary N) is 1. The molecule has 0 radical (unpaired) electrons. The lowest BCUT2D eigenvalue weighted by molar-refractivity contribution is -0.119. The molecule has 7 nitrogen and oxygen atoms in total. The highest BCUT2D eigenvalue weighted by molar-refractivity contribution is 7.98. The fraction of sp³-hybridized carbons (Fsp3) is 0.412. The number of carbonyl (C=O) groups is 1. The molecule has 0 spiro atoms. The van der Waals surface area contributed by atoms with Crippen molar-refractivity contribution >= 4 is 33.4 Å². The van der Waals surface area contributed by atoms with Crippen molar-refractivity contribution in [1.82, 2.24) is 9.46 Å². The Labute approximate surface area is 157 Å². The van der Waals surface area contributed by atoms with Gasteiger partial charge in [0.1, 0.15) is 16.6 Å². The lowest BCUT2D eigenvalue weighted by Crippen LogP contribution is -2.43. The maximum atomic E-state index is 13.0. The Morgan fingerprint density at radius 2 is 2.15 bits per heavy atom. The van der Waals surface area contributed by atoms with E-state index in [1.807, 2.05) is 24.5 Å². The lowest BCUT2D eigenvalue weighted by atomic mass is 10.2. The molecule has 1 aromatic carbocycles. The lowest BCUT2D eigenvalue weighted by Gasteiger charge is -2.23. The summed E-state index contributed by atoms with van der Waals surface area (Å²) in [5.74, 6) is -0.0858. The van der Waals surface area contributed by atoms with Crippen molar-refractivity contribution in [3.05, 3.63) is 35.7 Å². The molecule has 1 aliphatic heterocycles. The van der Waals surface area contributed by atoms with E-state index in [-0.39, 0.29) is 16.6 Å². The largest absolute Gasteiger partial charge is 0.360 e. The Kier molecular flexibility index (Phi) is 5.40. The van der Waals surface area contributed by atoms with Gasteiger partial charge in [0.15, 0.2) is 5.76 Å². The Bertz CT molecular complexity index is 904. The van der Waals surface area contributed by atoms with E-state index in [0.29, 0.717) is 30.8 Å². The van der Waals surface area contributed by atoms with Crippen molar-refractivity contribution in [3.8, 4) is 0 Å². The zero-order chi connectivity index (χ0) is 18.9. The highest BCUT2D eigenvalue weighted by Gasteiger charge is 2.41. The first-order chi connectivity index (χ1) is 12.3. The van der Waals surface area contributed by atoms with E-state index in [0.717, 1.165) is 4.90 Å². The summed E-state index contributed by atoms with van der Waals surface area (Å²) >= 11 is 1.57. The number of amides is 1. The summed E-state index contributed by atoms with van der Waals surface area (Å²) in [5.41, 5.74) is 0.963. The predicted octanol–water partition coefficient (Wildman–Crippen LogP) is 2.81. The van der Waals surface area contributed by atoms with Crippen LogP contribution >= 0.6 is 11.8 Å². The summed E-state index contributed by atoms with van der Waals surface area (Å²) < 4.78 is 32.4. The summed E-state index contributed by atoms with van der Waals surface area (Å²) in [6.45, 7) is 3.45. The number of sulfonamides is 1. The van der Waals surface area contributed by atoms with Crippen LogP contribution in [0.4, 0.5) is 5.69 Å². The summed E-state index contributed by atoms with van der Waals surface area (Å²) in [4.78, 5) is 13.8. The molecule has 0 saturated carbocycles. The quantitative estimate of drug-likeness (QED) is 0.783. The summed E-state index contributed by atoms with van der Waals surface area (Å²) in [6.07, 6.45) is 3.07. The molecule has 1 aliphatic rings. The number of aromatic nitrogens is 1. The minimum Gasteiger partial charge on any atom is -0.360 e. The molecule has 1 atom stereocenters. The molecule has 0 bridgehead atoms. The van der Waals surface area contributed by atoms with E-state index >= 15 is 0 Å². The molecule has 2 heterocycles. The van der Waals surface area contributed by atoms with E-state index in [1.54, 1.807) is 31.7 Å². The summed E-state index contributed by atoms with van der Waals surface area (Å²) in [7, 11) is -3.84. The molecular formula is C17H21N3O4S2. The second-order valence-electron chi connectivity index (χ2n) is 6.15. The van der Waals surface area contributed by atoms with Crippen LogP contribution in [0.1, 0.15) is 24.3 Å². The van der Waals surface area contributed by atoms with Crippen LogP contribution < -0.4 is 5.32 Å². The summed E-state index contributed by atoms with van der Waals surface area (Å²) in [6, 6.07) is 6.72. The maximum Gasteiger partial charge on any atom is 0.249 e. The van der Waals surface area contributed by atoms with Gasteiger partial charge in [-0.15, -0.1) is 11.8 Å². The van der Waals surface area contributed by atoms with Crippen LogP contribution in [-0.4, -0.2) is 42.6 Å². The third-order valence-electron chi connectivity index (χ3n) is 4.38. The van der Waals surface area contributed by atoms with E-state index in [2.05, 4.69) is 10.5 Å². The van der Waals surface area contributed by atoms with Crippen molar-refractivity contribution in [3.63, 3.8) is 0 Å². The van der Waals surface area contributed by atoms with Gasteiger partial charge in [0, 0.05) is 17.1 Å². The topological polar surface area (TPSA) is 92.5 Å². The molecule has 1 saturated heterocycles. The summed E-state index contributed by atoms with van der Waals surface area (Å²) in [5, 5.41) is 6.56. The molecule has 3 rings (SSSR count). The van der Waals surface area contributed by atoms with Gasteiger partial charge in [0.25, 0.3) is 0 Å². The third-order valence-corrected chi connectivity index (χ3v) is 7.26. The Morgan fingerprint density at radius 1 is 1.38 bits per heavy atom. The van der Waals surface area contributed by atoms with Crippen molar-refractivity contribution in [2.24, 2.45) is 0 Å². The molecule has 0 unspecified atom stereocenters. The number of hydrogen-bond donors (Lipinski definition) is 1. The van der Waals surface area contributed by atoms with Crippen molar-refractivity contribution in [1.29, 1.82) is 0 Å². The monoisotopic (exact) mass is 395 g/mol. The molecule has 1 aromatic heterocycles. The molecule has 9 heteroatoms. The average Bonchev–Trinajstić information content (AvgIpc) is 3.22. The zero-order valence-electron chi connectivity index (χ0n) is 14.9. The number of rotatable bonds is 5. The van der Waals surface area contributed by atoms with Gasteiger partial charge in [-0.25, -0.2) is 8.42 Å². The molecule has 1 N–H and O–H groups in total. The second-order valence-corrected chi connectivity index (χ2v) is 8.86. The van der Waals surface area contributed by atoms with Gasteiger partial charge in [-0.3, -0.25) is 4.79 Å². The van der Waals surface area contributed by atoms with E-state index < -0.39 is 16.1 Å². The molecule has 1 amide bonds. The van der Waals surface area contributed by atoms with Crippen LogP contribution in [0.2, 0.25) is 0 Å². The van der Waals surface area contributed by atoms with Gasteiger partial charge in [0.2, 0.25) is 15.9 Å². The molecular weight excluding hydrogens is 374 g/mol. The van der Waals surface area contributed by atoms with Gasteiger partial charge < -0.3 is 9.84 Å². The fourth-order valence-electron chi connectivity index (χ4n) is 3.18. The predicted molar refractivity (Wildman–Crippen MR) is 99.7 cm³/mol. The van der Waals surface area contributed by atoms with Crippen molar-refractivity contribution in [2.75, 3.05) is 18.1 Å². The molecule has 26 heavy (non-hydrogen) atoms. The van der Waals surface area contributed by atoms with Crippen LogP contribution in [-0.2, 0) is 14.8 Å². The first kappa shape index (κ1) is 18.9. The number of thioether (sulfide) groups is 1. The molecule has 0 aliphatic carbocycles. The smallest absolute Gasteiger partial charge is 0.249 e. The van der Waals surface area contributed by atoms with Crippen molar-refractivity contribution in [2.45, 2.75) is 42.5 Å². The first-order valence-electron chi connectivity index (χ1n) is 8.24.